The van der Waals surface area contributed by atoms with Crippen LogP contribution in [0.3, 0.4) is 0 Å². The second kappa shape index (κ2) is 6.71. The molecule has 0 radical (unpaired) electrons. The van der Waals surface area contributed by atoms with Crippen molar-refractivity contribution < 1.29 is 10.1 Å². The smallest absolute Gasteiger partial charge is 0.220 e. The van der Waals surface area contributed by atoms with E-state index < -0.39 is 18.3 Å². The summed E-state index contributed by atoms with van der Waals surface area (Å²) >= 11 is 0. The third-order valence-electron chi connectivity index (χ3n) is 8.22. The first-order chi connectivity index (χ1) is 17.9. The van der Waals surface area contributed by atoms with Gasteiger partial charge in [-0.05, 0) is 75.7 Å². The minimum Gasteiger partial charge on any atom is -0.299 e. The second-order valence-corrected chi connectivity index (χ2v) is 10.7. The van der Waals surface area contributed by atoms with E-state index in [4.69, 9.17) is 9.10 Å². The van der Waals surface area contributed by atoms with E-state index in [-0.39, 0.29) is 0 Å². The summed E-state index contributed by atoms with van der Waals surface area (Å²) in [6.45, 7) is 4.16. The monoisotopic (exact) mass is 453 g/mol. The van der Waals surface area contributed by atoms with Gasteiger partial charge in [0.1, 0.15) is 7.05 Å². The SMILES string of the molecule is [2H]C([2H])([2H])c1c[n+](C)c2c(c1C1([2H])CCCCC1)C(C)(C)n1c3c-2c(C)ccc3n2c3ccccc3nc12. The lowest BCUT2D eigenvalue weighted by Crippen LogP contribution is -2.42. The summed E-state index contributed by atoms with van der Waals surface area (Å²) in [6, 6.07) is 12.5. The number of imidazole rings is 2. The number of para-hydroxylation sites is 2. The fourth-order valence-corrected chi connectivity index (χ4v) is 6.77. The number of pyridine rings is 1. The van der Waals surface area contributed by atoms with Crippen molar-refractivity contribution in [2.24, 2.45) is 7.05 Å². The predicted molar refractivity (Wildman–Crippen MR) is 139 cm³/mol. The number of nitrogens with zero attached hydrogens (tertiary/aromatic N) is 4. The van der Waals surface area contributed by atoms with Gasteiger partial charge in [-0.25, -0.2) is 9.55 Å². The molecule has 0 unspecified atom stereocenters. The molecule has 1 fully saturated rings. The van der Waals surface area contributed by atoms with Crippen LogP contribution in [0.15, 0.2) is 42.6 Å². The van der Waals surface area contributed by atoms with Crippen LogP contribution in [0.4, 0.5) is 0 Å². The van der Waals surface area contributed by atoms with Crippen LogP contribution in [0.1, 0.15) is 79.6 Å². The molecule has 5 aromatic rings. The molecule has 0 spiro atoms. The Morgan fingerprint density at radius 2 is 1.85 bits per heavy atom. The maximum atomic E-state index is 9.78. The number of fused-ring (bicyclic) bond motifs is 7. The van der Waals surface area contributed by atoms with Gasteiger partial charge in [-0.15, -0.1) is 0 Å². The minimum absolute atomic E-state index is 0.314. The first-order valence-corrected chi connectivity index (χ1v) is 12.5. The fourth-order valence-electron chi connectivity index (χ4n) is 6.77. The summed E-state index contributed by atoms with van der Waals surface area (Å²) in [5.41, 5.74) is 8.79. The summed E-state index contributed by atoms with van der Waals surface area (Å²) in [7, 11) is 1.96. The zero-order chi connectivity index (χ0) is 26.8. The van der Waals surface area contributed by atoms with E-state index in [9.17, 15) is 1.37 Å². The quantitative estimate of drug-likeness (QED) is 0.260. The normalized spacial score (nSPS) is 20.7. The van der Waals surface area contributed by atoms with Crippen molar-refractivity contribution in [1.82, 2.24) is 14.0 Å². The van der Waals surface area contributed by atoms with Crippen LogP contribution < -0.4 is 4.57 Å². The highest BCUT2D eigenvalue weighted by Gasteiger charge is 2.44. The molecule has 2 aromatic carbocycles. The Morgan fingerprint density at radius 1 is 1.06 bits per heavy atom. The van der Waals surface area contributed by atoms with Crippen LogP contribution in [0.2, 0.25) is 0 Å². The topological polar surface area (TPSA) is 26.1 Å². The number of benzene rings is 2. The molecule has 1 aliphatic carbocycles. The molecule has 4 heteroatoms. The summed E-state index contributed by atoms with van der Waals surface area (Å²) < 4.78 is 42.0. The molecular formula is C30H33N4+. The third-order valence-corrected chi connectivity index (χ3v) is 8.22. The van der Waals surface area contributed by atoms with Crippen LogP contribution in [0.5, 0.6) is 0 Å². The van der Waals surface area contributed by atoms with Crippen LogP contribution in [0.25, 0.3) is 39.1 Å². The highest BCUT2D eigenvalue weighted by Crippen LogP contribution is 2.50. The summed E-state index contributed by atoms with van der Waals surface area (Å²) in [6.07, 6.45) is 6.13. The average Bonchev–Trinajstić information content (AvgIpc) is 3.38. The van der Waals surface area contributed by atoms with Crippen molar-refractivity contribution in [3.63, 3.8) is 0 Å². The van der Waals surface area contributed by atoms with Gasteiger partial charge in [0.2, 0.25) is 11.5 Å². The van der Waals surface area contributed by atoms with Crippen molar-refractivity contribution in [1.29, 1.82) is 0 Å². The maximum absolute atomic E-state index is 9.78. The zero-order valence-electron chi connectivity index (χ0n) is 24.4. The van der Waals surface area contributed by atoms with Gasteiger partial charge in [-0.1, -0.05) is 37.5 Å². The highest BCUT2D eigenvalue weighted by molar-refractivity contribution is 6.01. The average molecular weight is 454 g/mol. The van der Waals surface area contributed by atoms with Gasteiger partial charge in [0.15, 0.2) is 6.20 Å². The van der Waals surface area contributed by atoms with Crippen LogP contribution in [-0.2, 0) is 12.6 Å². The van der Waals surface area contributed by atoms with E-state index in [0.29, 0.717) is 24.0 Å². The Kier molecular flexibility index (Phi) is 3.25. The number of hydrogen-bond donors (Lipinski definition) is 0. The van der Waals surface area contributed by atoms with Crippen LogP contribution in [0, 0.1) is 13.8 Å². The largest absolute Gasteiger partial charge is 0.299 e. The van der Waals surface area contributed by atoms with Gasteiger partial charge in [-0.2, -0.15) is 0 Å². The predicted octanol–water partition coefficient (Wildman–Crippen LogP) is 6.70. The van der Waals surface area contributed by atoms with E-state index >= 15 is 0 Å². The van der Waals surface area contributed by atoms with Crippen LogP contribution >= 0.6 is 0 Å². The van der Waals surface area contributed by atoms with Crippen molar-refractivity contribution in [2.45, 2.75) is 71.2 Å². The molecule has 0 atom stereocenters. The van der Waals surface area contributed by atoms with Crippen molar-refractivity contribution >= 4 is 27.8 Å². The van der Waals surface area contributed by atoms with Gasteiger partial charge >= 0.3 is 0 Å². The lowest BCUT2D eigenvalue weighted by atomic mass is 9.73. The molecule has 1 saturated carbocycles. The Balaban J connectivity index is 1.72. The maximum Gasteiger partial charge on any atom is 0.220 e. The summed E-state index contributed by atoms with van der Waals surface area (Å²) in [5, 5.41) is 0. The Morgan fingerprint density at radius 3 is 2.65 bits per heavy atom. The lowest BCUT2D eigenvalue weighted by molar-refractivity contribution is -0.661. The first-order valence-electron chi connectivity index (χ1n) is 14.5. The second-order valence-electron chi connectivity index (χ2n) is 10.7. The van der Waals surface area contributed by atoms with Gasteiger partial charge in [-0.3, -0.25) is 8.97 Å². The Hall–Kier alpha value is -3.14. The molecule has 4 nitrogen and oxygen atoms in total. The molecule has 0 bridgehead atoms. The summed E-state index contributed by atoms with van der Waals surface area (Å²) in [5.74, 6) is -0.0974. The molecular weight excluding hydrogens is 416 g/mol. The van der Waals surface area contributed by atoms with E-state index in [1.807, 2.05) is 29.8 Å². The zero-order valence-corrected chi connectivity index (χ0v) is 20.4. The van der Waals surface area contributed by atoms with Crippen molar-refractivity contribution in [2.75, 3.05) is 0 Å². The summed E-state index contributed by atoms with van der Waals surface area (Å²) in [4.78, 5) is 5.11. The molecule has 3 aromatic heterocycles. The van der Waals surface area contributed by atoms with Crippen molar-refractivity contribution in [3.8, 4) is 11.3 Å². The molecule has 34 heavy (non-hydrogen) atoms. The van der Waals surface area contributed by atoms with E-state index in [2.05, 4.69) is 47.9 Å². The molecule has 172 valence electrons. The first kappa shape index (κ1) is 16.5. The van der Waals surface area contributed by atoms with Gasteiger partial charge < -0.3 is 0 Å². The molecule has 0 saturated heterocycles. The third kappa shape index (κ3) is 2.39. The lowest BCUT2D eigenvalue weighted by Gasteiger charge is -2.38. The molecule has 2 aliphatic rings. The number of aromatic nitrogens is 4. The standard InChI is InChI=1S/C30H33N4/c1-18-15-16-23-27-25(18)28-26(24(19(2)17-32(28)5)20-11-7-6-8-12-20)30(3,4)34(27)29-31-21-13-9-10-14-22(21)33(23)29/h9-10,13-17,20H,6-8,11-12H2,1-5H3/q+1/i2D3,20D. The number of hydrogen-bond acceptors (Lipinski definition) is 1. The van der Waals surface area contributed by atoms with Gasteiger partial charge in [0, 0.05) is 11.0 Å². The minimum atomic E-state index is -2.32. The van der Waals surface area contributed by atoms with Crippen molar-refractivity contribution in [3.05, 3.63) is 64.8 Å². The van der Waals surface area contributed by atoms with E-state index in [1.165, 1.54) is 0 Å². The van der Waals surface area contributed by atoms with E-state index in [1.54, 1.807) is 6.20 Å². The molecule has 7 rings (SSSR count). The Labute approximate surface area is 206 Å². The van der Waals surface area contributed by atoms with E-state index in [0.717, 1.165) is 69.5 Å². The number of aryl methyl sites for hydroxylation is 3. The Bertz CT molecular complexity index is 1800. The van der Waals surface area contributed by atoms with Crippen LogP contribution in [-0.4, -0.2) is 14.0 Å². The molecule has 0 amide bonds. The number of rotatable bonds is 1. The molecule has 0 N–H and O–H groups in total. The molecule has 4 heterocycles. The fraction of sp³-hybridized carbons (Fsp3) is 0.400. The van der Waals surface area contributed by atoms with Gasteiger partial charge in [0.05, 0.1) is 38.7 Å². The molecule has 1 aliphatic heterocycles. The van der Waals surface area contributed by atoms with Gasteiger partial charge in [0.25, 0.3) is 0 Å². The highest BCUT2D eigenvalue weighted by atomic mass is 15.2.